The van der Waals surface area contributed by atoms with Crippen LogP contribution in [0, 0.1) is 11.8 Å². The van der Waals surface area contributed by atoms with Gasteiger partial charge in [0.15, 0.2) is 5.78 Å². The number of likely N-dealkylation sites (tertiary alicyclic amines) is 1. The summed E-state index contributed by atoms with van der Waals surface area (Å²) in [4.78, 5) is 41.3. The third kappa shape index (κ3) is 4.29. The molecule has 3 aromatic rings. The number of amides is 1. The van der Waals surface area contributed by atoms with Gasteiger partial charge in [0.05, 0.1) is 11.3 Å². The largest absolute Gasteiger partial charge is 0.343 e. The Hall–Kier alpha value is -3.27. The molecule has 1 saturated carbocycles. The lowest BCUT2D eigenvalue weighted by Crippen LogP contribution is -2.41. The molecule has 1 amide bonds. The summed E-state index contributed by atoms with van der Waals surface area (Å²) in [5, 5.41) is 2.16. The average molecular weight is 454 g/mol. The van der Waals surface area contributed by atoms with Crippen LogP contribution in [-0.2, 0) is 26.2 Å². The molecule has 2 aliphatic rings. The normalized spacial score (nSPS) is 23.6. The number of hydrogen-bond donors (Lipinski definition) is 0. The van der Waals surface area contributed by atoms with Gasteiger partial charge in [0, 0.05) is 25.9 Å². The molecular weight excluding hydrogens is 422 g/mol. The zero-order chi connectivity index (χ0) is 23.7. The lowest BCUT2D eigenvalue weighted by Gasteiger charge is -2.32. The minimum absolute atomic E-state index is 0.00416. The van der Waals surface area contributed by atoms with Crippen LogP contribution in [0.25, 0.3) is 10.8 Å². The molecule has 0 bridgehead atoms. The highest BCUT2D eigenvalue weighted by molar-refractivity contribution is 6.16. The summed E-state index contributed by atoms with van der Waals surface area (Å²) in [6.45, 7) is 3.26. The molecule has 1 unspecified atom stereocenters. The van der Waals surface area contributed by atoms with E-state index in [1.807, 2.05) is 60.4 Å². The van der Waals surface area contributed by atoms with Crippen LogP contribution in [0.1, 0.15) is 43.7 Å². The van der Waals surface area contributed by atoms with Gasteiger partial charge in [0.1, 0.15) is 5.78 Å². The second-order valence-corrected chi connectivity index (χ2v) is 10.2. The monoisotopic (exact) mass is 453 g/mol. The summed E-state index contributed by atoms with van der Waals surface area (Å²) in [6.07, 6.45) is 3.13. The van der Waals surface area contributed by atoms with E-state index in [0.717, 1.165) is 35.6 Å². The second kappa shape index (κ2) is 9.17. The Bertz CT molecular complexity index is 1230. The predicted molar refractivity (Wildman–Crippen MR) is 133 cm³/mol. The fourth-order valence-electron chi connectivity index (χ4n) is 5.71. The summed E-state index contributed by atoms with van der Waals surface area (Å²) in [5.41, 5.74) is 1.33. The van der Waals surface area contributed by atoms with Gasteiger partial charge in [0.2, 0.25) is 5.91 Å². The molecule has 1 aliphatic carbocycles. The SMILES string of the molecule is C[C@@]1(c2ccc3ccccc3c2)CC(=O)C(CC(=O)N2CCC(Cc3ccccc3)CC2)C1=O. The first-order valence-electron chi connectivity index (χ1n) is 12.3. The van der Waals surface area contributed by atoms with Gasteiger partial charge in [0.25, 0.3) is 0 Å². The molecule has 0 aromatic heterocycles. The van der Waals surface area contributed by atoms with Gasteiger partial charge >= 0.3 is 0 Å². The van der Waals surface area contributed by atoms with Crippen molar-refractivity contribution in [2.75, 3.05) is 13.1 Å². The maximum atomic E-state index is 13.5. The Morgan fingerprint density at radius 2 is 1.59 bits per heavy atom. The molecule has 5 rings (SSSR count). The van der Waals surface area contributed by atoms with Crippen molar-refractivity contribution >= 4 is 28.2 Å². The fourth-order valence-corrected chi connectivity index (χ4v) is 5.71. The molecule has 3 aromatic carbocycles. The number of hydrogen-bond acceptors (Lipinski definition) is 3. The Morgan fingerprint density at radius 1 is 0.912 bits per heavy atom. The van der Waals surface area contributed by atoms with Gasteiger partial charge in [-0.3, -0.25) is 14.4 Å². The van der Waals surface area contributed by atoms with Crippen LogP contribution in [0.4, 0.5) is 0 Å². The fraction of sp³-hybridized carbons (Fsp3) is 0.367. The number of rotatable bonds is 5. The zero-order valence-electron chi connectivity index (χ0n) is 19.7. The standard InChI is InChI=1S/C30H31NO3/c1-30(25-12-11-23-9-5-6-10-24(23)18-25)20-27(32)26(29(30)34)19-28(33)31-15-13-22(14-16-31)17-21-7-3-2-4-8-21/h2-12,18,22,26H,13-17,19-20H2,1H3/t26?,30-/m0/s1. The van der Waals surface area contributed by atoms with Crippen molar-refractivity contribution in [3.8, 4) is 0 Å². The average Bonchev–Trinajstić information content (AvgIpc) is 3.08. The van der Waals surface area contributed by atoms with E-state index in [9.17, 15) is 14.4 Å². The van der Waals surface area contributed by atoms with Gasteiger partial charge in [-0.25, -0.2) is 0 Å². The summed E-state index contributed by atoms with van der Waals surface area (Å²) in [6, 6.07) is 24.5. The first kappa shape index (κ1) is 22.5. The number of nitrogens with zero attached hydrogens (tertiary/aromatic N) is 1. The first-order chi connectivity index (χ1) is 16.4. The summed E-state index contributed by atoms with van der Waals surface area (Å²) in [7, 11) is 0. The summed E-state index contributed by atoms with van der Waals surface area (Å²) < 4.78 is 0. The van der Waals surface area contributed by atoms with Gasteiger partial charge in [-0.1, -0.05) is 72.8 Å². The third-order valence-corrected chi connectivity index (χ3v) is 7.88. The van der Waals surface area contributed by atoms with E-state index in [1.54, 1.807) is 0 Å². The smallest absolute Gasteiger partial charge is 0.223 e. The highest BCUT2D eigenvalue weighted by Gasteiger charge is 2.51. The van der Waals surface area contributed by atoms with Gasteiger partial charge in [-0.05, 0) is 54.0 Å². The Balaban J connectivity index is 1.23. The van der Waals surface area contributed by atoms with Crippen LogP contribution in [0.3, 0.4) is 0 Å². The van der Waals surface area contributed by atoms with Crippen molar-refractivity contribution in [3.63, 3.8) is 0 Å². The zero-order valence-corrected chi connectivity index (χ0v) is 19.7. The molecule has 2 atom stereocenters. The van der Waals surface area contributed by atoms with Gasteiger partial charge < -0.3 is 4.90 Å². The summed E-state index contributed by atoms with van der Waals surface area (Å²) >= 11 is 0. The Morgan fingerprint density at radius 3 is 2.32 bits per heavy atom. The third-order valence-electron chi connectivity index (χ3n) is 7.88. The topological polar surface area (TPSA) is 54.5 Å². The Kier molecular flexibility index (Phi) is 6.07. The number of ketones is 2. The van der Waals surface area contributed by atoms with Crippen LogP contribution < -0.4 is 0 Å². The van der Waals surface area contributed by atoms with Crippen molar-refractivity contribution in [3.05, 3.63) is 83.9 Å². The van der Waals surface area contributed by atoms with E-state index < -0.39 is 11.3 Å². The molecule has 1 saturated heterocycles. The highest BCUT2D eigenvalue weighted by atomic mass is 16.2. The Labute approximate surface area is 201 Å². The number of carbonyl (C=O) groups is 3. The van der Waals surface area contributed by atoms with E-state index >= 15 is 0 Å². The first-order valence-corrected chi connectivity index (χ1v) is 12.3. The molecule has 34 heavy (non-hydrogen) atoms. The molecule has 0 radical (unpaired) electrons. The van der Waals surface area contributed by atoms with Crippen molar-refractivity contribution in [1.82, 2.24) is 4.90 Å². The molecule has 174 valence electrons. The lowest BCUT2D eigenvalue weighted by atomic mass is 9.78. The summed E-state index contributed by atoms with van der Waals surface area (Å²) in [5.74, 6) is -0.538. The number of carbonyl (C=O) groups excluding carboxylic acids is 3. The number of fused-ring (bicyclic) bond motifs is 1. The molecule has 4 nitrogen and oxygen atoms in total. The van der Waals surface area contributed by atoms with Crippen molar-refractivity contribution in [2.45, 2.75) is 44.4 Å². The molecule has 0 spiro atoms. The second-order valence-electron chi connectivity index (χ2n) is 10.2. The molecule has 4 heteroatoms. The maximum absolute atomic E-state index is 13.5. The number of Topliss-reactive ketones (excluding diaryl/α,β-unsaturated/α-hetero) is 2. The van der Waals surface area contributed by atoms with Crippen LogP contribution in [0.15, 0.2) is 72.8 Å². The number of piperidine rings is 1. The van der Waals surface area contributed by atoms with E-state index in [4.69, 9.17) is 0 Å². The van der Waals surface area contributed by atoms with E-state index in [-0.39, 0.29) is 30.3 Å². The minimum atomic E-state index is -0.866. The van der Waals surface area contributed by atoms with E-state index in [2.05, 4.69) is 24.3 Å². The quantitative estimate of drug-likeness (QED) is 0.504. The van der Waals surface area contributed by atoms with Crippen molar-refractivity contribution < 1.29 is 14.4 Å². The van der Waals surface area contributed by atoms with Crippen LogP contribution >= 0.6 is 0 Å². The molecular formula is C30H31NO3. The van der Waals surface area contributed by atoms with Crippen molar-refractivity contribution in [2.24, 2.45) is 11.8 Å². The molecule has 1 aliphatic heterocycles. The molecule has 0 N–H and O–H groups in total. The van der Waals surface area contributed by atoms with Crippen LogP contribution in [0.5, 0.6) is 0 Å². The maximum Gasteiger partial charge on any atom is 0.223 e. The number of benzene rings is 3. The van der Waals surface area contributed by atoms with E-state index in [1.165, 1.54) is 5.56 Å². The van der Waals surface area contributed by atoms with Crippen LogP contribution in [0.2, 0.25) is 0 Å². The lowest BCUT2D eigenvalue weighted by molar-refractivity contribution is -0.139. The van der Waals surface area contributed by atoms with Crippen LogP contribution in [-0.4, -0.2) is 35.5 Å². The van der Waals surface area contributed by atoms with Gasteiger partial charge in [-0.15, -0.1) is 0 Å². The van der Waals surface area contributed by atoms with Gasteiger partial charge in [-0.2, -0.15) is 0 Å². The molecule has 1 heterocycles. The highest BCUT2D eigenvalue weighted by Crippen LogP contribution is 2.41. The minimum Gasteiger partial charge on any atom is -0.343 e. The van der Waals surface area contributed by atoms with E-state index in [0.29, 0.717) is 19.0 Å². The predicted octanol–water partition coefficient (Wildman–Crippen LogP) is 5.13. The molecule has 2 fully saturated rings. The van der Waals surface area contributed by atoms with Crippen molar-refractivity contribution in [1.29, 1.82) is 0 Å².